The standard InChI is InChI=1S/C17H20BrNO2/c1-4-21-15-7-5-6-13(17(15)20)10-19-16-12(3)8-11(2)9-14(16)18/h5-9,19-20H,4,10H2,1-3H3. The van der Waals surface area contributed by atoms with Gasteiger partial charge in [-0.25, -0.2) is 0 Å². The average Bonchev–Trinajstić information content (AvgIpc) is 2.41. The summed E-state index contributed by atoms with van der Waals surface area (Å²) in [6.45, 7) is 7.11. The summed E-state index contributed by atoms with van der Waals surface area (Å²) in [5.74, 6) is 0.726. The Morgan fingerprint density at radius 2 is 2.00 bits per heavy atom. The van der Waals surface area contributed by atoms with Crippen molar-refractivity contribution in [3.05, 3.63) is 51.5 Å². The highest BCUT2D eigenvalue weighted by Gasteiger charge is 2.09. The Labute approximate surface area is 134 Å². The highest BCUT2D eigenvalue weighted by atomic mass is 79.9. The van der Waals surface area contributed by atoms with Crippen molar-refractivity contribution in [1.29, 1.82) is 0 Å². The molecule has 0 radical (unpaired) electrons. The summed E-state index contributed by atoms with van der Waals surface area (Å²) in [7, 11) is 0. The normalized spacial score (nSPS) is 10.5. The largest absolute Gasteiger partial charge is 0.504 e. The van der Waals surface area contributed by atoms with Crippen molar-refractivity contribution in [2.75, 3.05) is 11.9 Å². The lowest BCUT2D eigenvalue weighted by molar-refractivity contribution is 0.317. The van der Waals surface area contributed by atoms with Crippen LogP contribution in [-0.4, -0.2) is 11.7 Å². The summed E-state index contributed by atoms with van der Waals surface area (Å²) in [6.07, 6.45) is 0. The number of benzene rings is 2. The lowest BCUT2D eigenvalue weighted by atomic mass is 10.1. The van der Waals surface area contributed by atoms with E-state index in [1.165, 1.54) is 11.1 Å². The highest BCUT2D eigenvalue weighted by Crippen LogP contribution is 2.32. The number of aromatic hydroxyl groups is 1. The molecule has 0 fully saturated rings. The number of rotatable bonds is 5. The van der Waals surface area contributed by atoms with Gasteiger partial charge in [-0.05, 0) is 60.0 Å². The number of para-hydroxylation sites is 1. The van der Waals surface area contributed by atoms with Crippen molar-refractivity contribution in [2.45, 2.75) is 27.3 Å². The maximum atomic E-state index is 10.2. The summed E-state index contributed by atoms with van der Waals surface area (Å²) in [5, 5.41) is 13.6. The number of phenols is 1. The number of aryl methyl sites for hydroxylation is 2. The van der Waals surface area contributed by atoms with Crippen molar-refractivity contribution in [3.63, 3.8) is 0 Å². The van der Waals surface area contributed by atoms with E-state index in [4.69, 9.17) is 4.74 Å². The Hall–Kier alpha value is -1.68. The van der Waals surface area contributed by atoms with Crippen LogP contribution in [0.4, 0.5) is 5.69 Å². The number of hydrogen-bond acceptors (Lipinski definition) is 3. The Morgan fingerprint density at radius 3 is 2.67 bits per heavy atom. The zero-order valence-electron chi connectivity index (χ0n) is 12.5. The molecule has 0 aliphatic heterocycles. The smallest absolute Gasteiger partial charge is 0.162 e. The molecule has 112 valence electrons. The number of nitrogens with one attached hydrogen (secondary N) is 1. The molecule has 0 amide bonds. The van der Waals surface area contributed by atoms with E-state index < -0.39 is 0 Å². The Bertz CT molecular complexity index is 618. The van der Waals surface area contributed by atoms with Crippen molar-refractivity contribution in [3.8, 4) is 11.5 Å². The molecule has 0 saturated carbocycles. The molecular weight excluding hydrogens is 330 g/mol. The van der Waals surface area contributed by atoms with Gasteiger partial charge in [-0.3, -0.25) is 0 Å². The molecule has 2 aromatic rings. The van der Waals surface area contributed by atoms with Crippen LogP contribution in [0.1, 0.15) is 23.6 Å². The van der Waals surface area contributed by atoms with Gasteiger partial charge >= 0.3 is 0 Å². The van der Waals surface area contributed by atoms with Gasteiger partial charge in [0.05, 0.1) is 12.3 Å². The molecule has 0 unspecified atom stereocenters. The zero-order valence-corrected chi connectivity index (χ0v) is 14.1. The second-order valence-corrected chi connectivity index (χ2v) is 5.84. The van der Waals surface area contributed by atoms with E-state index in [-0.39, 0.29) is 5.75 Å². The Morgan fingerprint density at radius 1 is 1.24 bits per heavy atom. The van der Waals surface area contributed by atoms with Crippen LogP contribution in [0.2, 0.25) is 0 Å². The third-order valence-corrected chi connectivity index (χ3v) is 3.90. The van der Waals surface area contributed by atoms with Crippen LogP contribution < -0.4 is 10.1 Å². The van der Waals surface area contributed by atoms with Gasteiger partial charge < -0.3 is 15.2 Å². The average molecular weight is 350 g/mol. The van der Waals surface area contributed by atoms with Crippen molar-refractivity contribution in [2.24, 2.45) is 0 Å². The lowest BCUT2D eigenvalue weighted by Crippen LogP contribution is -2.03. The van der Waals surface area contributed by atoms with Gasteiger partial charge in [-0.15, -0.1) is 0 Å². The minimum absolute atomic E-state index is 0.202. The molecule has 0 aliphatic rings. The molecule has 2 rings (SSSR count). The van der Waals surface area contributed by atoms with Crippen LogP contribution in [0.15, 0.2) is 34.8 Å². The minimum atomic E-state index is 0.202. The van der Waals surface area contributed by atoms with Gasteiger partial charge in [-0.2, -0.15) is 0 Å². The van der Waals surface area contributed by atoms with E-state index in [9.17, 15) is 5.11 Å². The Kier molecular flexibility index (Phi) is 5.12. The quantitative estimate of drug-likeness (QED) is 0.815. The fourth-order valence-electron chi connectivity index (χ4n) is 2.31. The lowest BCUT2D eigenvalue weighted by Gasteiger charge is -2.15. The molecule has 0 bridgehead atoms. The van der Waals surface area contributed by atoms with E-state index in [0.717, 1.165) is 15.7 Å². The van der Waals surface area contributed by atoms with Crippen LogP contribution in [0.5, 0.6) is 11.5 Å². The van der Waals surface area contributed by atoms with E-state index in [0.29, 0.717) is 18.9 Å². The second-order valence-electron chi connectivity index (χ2n) is 4.99. The molecule has 21 heavy (non-hydrogen) atoms. The maximum absolute atomic E-state index is 10.2. The first-order valence-electron chi connectivity index (χ1n) is 6.97. The van der Waals surface area contributed by atoms with Gasteiger partial charge in [0.2, 0.25) is 0 Å². The van der Waals surface area contributed by atoms with Gasteiger partial charge in [-0.1, -0.05) is 18.2 Å². The maximum Gasteiger partial charge on any atom is 0.162 e. The molecule has 0 aliphatic carbocycles. The summed E-state index contributed by atoms with van der Waals surface area (Å²) in [5.41, 5.74) is 4.24. The van der Waals surface area contributed by atoms with E-state index in [2.05, 4.69) is 47.2 Å². The molecule has 2 N–H and O–H groups in total. The molecule has 3 nitrogen and oxygen atoms in total. The number of phenolic OH excluding ortho intramolecular Hbond substituents is 1. The van der Waals surface area contributed by atoms with Crippen molar-refractivity contribution in [1.82, 2.24) is 0 Å². The van der Waals surface area contributed by atoms with Crippen LogP contribution in [0.3, 0.4) is 0 Å². The SMILES string of the molecule is CCOc1cccc(CNc2c(C)cc(C)cc2Br)c1O. The summed E-state index contributed by atoms with van der Waals surface area (Å²) in [4.78, 5) is 0. The van der Waals surface area contributed by atoms with E-state index >= 15 is 0 Å². The molecule has 2 aromatic carbocycles. The Balaban J connectivity index is 2.19. The molecule has 0 aromatic heterocycles. The second kappa shape index (κ2) is 6.85. The molecular formula is C17H20BrNO2. The summed E-state index contributed by atoms with van der Waals surface area (Å²) >= 11 is 3.58. The zero-order chi connectivity index (χ0) is 15.4. The predicted octanol–water partition coefficient (Wildman–Crippen LogP) is 4.78. The predicted molar refractivity (Wildman–Crippen MR) is 90.2 cm³/mol. The highest BCUT2D eigenvalue weighted by molar-refractivity contribution is 9.10. The molecule has 4 heteroatoms. The van der Waals surface area contributed by atoms with Gasteiger partial charge in [0.25, 0.3) is 0 Å². The fourth-order valence-corrected chi connectivity index (χ4v) is 3.12. The first-order chi connectivity index (χ1) is 10.0. The topological polar surface area (TPSA) is 41.5 Å². The monoisotopic (exact) mass is 349 g/mol. The van der Waals surface area contributed by atoms with Gasteiger partial charge in [0.1, 0.15) is 0 Å². The molecule has 0 spiro atoms. The summed E-state index contributed by atoms with van der Waals surface area (Å²) < 4.78 is 6.43. The van der Waals surface area contributed by atoms with Crippen LogP contribution in [-0.2, 0) is 6.54 Å². The van der Waals surface area contributed by atoms with Gasteiger partial charge in [0.15, 0.2) is 11.5 Å². The van der Waals surface area contributed by atoms with E-state index in [1.54, 1.807) is 6.07 Å². The third-order valence-electron chi connectivity index (χ3n) is 3.27. The van der Waals surface area contributed by atoms with Crippen LogP contribution in [0, 0.1) is 13.8 Å². The minimum Gasteiger partial charge on any atom is -0.504 e. The van der Waals surface area contributed by atoms with Crippen LogP contribution in [0.25, 0.3) is 0 Å². The van der Waals surface area contributed by atoms with Crippen molar-refractivity contribution < 1.29 is 9.84 Å². The number of halogens is 1. The first kappa shape index (κ1) is 15.7. The van der Waals surface area contributed by atoms with E-state index in [1.807, 2.05) is 19.1 Å². The third kappa shape index (κ3) is 3.70. The molecule has 0 atom stereocenters. The molecule has 0 saturated heterocycles. The first-order valence-corrected chi connectivity index (χ1v) is 7.76. The summed E-state index contributed by atoms with van der Waals surface area (Å²) in [6, 6.07) is 9.76. The number of hydrogen-bond donors (Lipinski definition) is 2. The van der Waals surface area contributed by atoms with Crippen molar-refractivity contribution >= 4 is 21.6 Å². The fraction of sp³-hybridized carbons (Fsp3) is 0.294. The number of anilines is 1. The van der Waals surface area contributed by atoms with Gasteiger partial charge in [0, 0.05) is 16.6 Å². The van der Waals surface area contributed by atoms with Crippen LogP contribution >= 0.6 is 15.9 Å². The molecule has 0 heterocycles. The number of ether oxygens (including phenoxy) is 1.